The molecule has 114 valence electrons. The van der Waals surface area contributed by atoms with Gasteiger partial charge in [0, 0.05) is 26.4 Å². The summed E-state index contributed by atoms with van der Waals surface area (Å²) in [4.78, 5) is 0. The molecule has 1 fully saturated rings. The summed E-state index contributed by atoms with van der Waals surface area (Å²) in [5.74, 6) is 0.808. The molecule has 0 radical (unpaired) electrons. The molecule has 1 aliphatic carbocycles. The van der Waals surface area contributed by atoms with E-state index in [4.69, 9.17) is 14.2 Å². The lowest BCUT2D eigenvalue weighted by Gasteiger charge is -2.24. The van der Waals surface area contributed by atoms with E-state index in [0.29, 0.717) is 19.3 Å². The Morgan fingerprint density at radius 2 is 1.79 bits per heavy atom. The number of hydrogen-bond donors (Lipinski definition) is 1. The molecular formula is C15H31NO3. The Hall–Kier alpha value is -0.160. The zero-order valence-corrected chi connectivity index (χ0v) is 12.7. The van der Waals surface area contributed by atoms with E-state index in [0.717, 1.165) is 38.7 Å². The van der Waals surface area contributed by atoms with Gasteiger partial charge in [-0.3, -0.25) is 0 Å². The van der Waals surface area contributed by atoms with Gasteiger partial charge in [-0.05, 0) is 31.7 Å². The maximum absolute atomic E-state index is 5.75. The monoisotopic (exact) mass is 273 g/mol. The van der Waals surface area contributed by atoms with Gasteiger partial charge in [-0.15, -0.1) is 0 Å². The molecule has 0 heterocycles. The number of hydrogen-bond acceptors (Lipinski definition) is 4. The second-order valence-electron chi connectivity index (χ2n) is 5.24. The molecule has 0 saturated heterocycles. The maximum Gasteiger partial charge on any atom is 0.0701 e. The minimum atomic E-state index is 0.529. The summed E-state index contributed by atoms with van der Waals surface area (Å²) in [6.45, 7) is 6.93. The average Bonchev–Trinajstić information content (AvgIpc) is 2.94. The van der Waals surface area contributed by atoms with E-state index >= 15 is 0 Å². The highest BCUT2D eigenvalue weighted by Crippen LogP contribution is 2.27. The van der Waals surface area contributed by atoms with E-state index in [2.05, 4.69) is 12.2 Å². The van der Waals surface area contributed by atoms with Crippen LogP contribution in [-0.4, -0.2) is 52.7 Å². The van der Waals surface area contributed by atoms with Gasteiger partial charge in [0.05, 0.1) is 19.8 Å². The molecule has 19 heavy (non-hydrogen) atoms. The van der Waals surface area contributed by atoms with Crippen molar-refractivity contribution in [2.75, 3.05) is 46.7 Å². The van der Waals surface area contributed by atoms with Crippen LogP contribution in [0.4, 0.5) is 0 Å². The van der Waals surface area contributed by atoms with Crippen molar-refractivity contribution in [1.29, 1.82) is 0 Å². The van der Waals surface area contributed by atoms with Crippen molar-refractivity contribution in [3.63, 3.8) is 0 Å². The molecule has 0 aromatic heterocycles. The van der Waals surface area contributed by atoms with Crippen LogP contribution >= 0.6 is 0 Å². The van der Waals surface area contributed by atoms with Crippen molar-refractivity contribution in [3.8, 4) is 0 Å². The third-order valence-electron chi connectivity index (χ3n) is 3.74. The van der Waals surface area contributed by atoms with Crippen molar-refractivity contribution in [3.05, 3.63) is 0 Å². The van der Waals surface area contributed by atoms with Gasteiger partial charge in [0.1, 0.15) is 0 Å². The van der Waals surface area contributed by atoms with Gasteiger partial charge in [-0.1, -0.05) is 19.8 Å². The lowest BCUT2D eigenvalue weighted by molar-refractivity contribution is 0.0270. The van der Waals surface area contributed by atoms with E-state index in [1.165, 1.54) is 25.7 Å². The van der Waals surface area contributed by atoms with E-state index in [9.17, 15) is 0 Å². The Kier molecular flexibility index (Phi) is 10.4. The molecule has 0 amide bonds. The first kappa shape index (κ1) is 16.9. The fourth-order valence-electron chi connectivity index (χ4n) is 2.72. The number of ether oxygens (including phenoxy) is 3. The van der Waals surface area contributed by atoms with Gasteiger partial charge >= 0.3 is 0 Å². The fraction of sp³-hybridized carbons (Fsp3) is 1.00. The molecule has 1 aliphatic rings. The second kappa shape index (κ2) is 11.6. The highest BCUT2D eigenvalue weighted by molar-refractivity contribution is 4.80. The van der Waals surface area contributed by atoms with Crippen molar-refractivity contribution < 1.29 is 14.2 Å². The first-order chi connectivity index (χ1) is 9.38. The zero-order chi connectivity index (χ0) is 13.8. The molecule has 1 N–H and O–H groups in total. The standard InChI is InChI=1S/C15H31NO3/c1-3-16-15(14-7-4-5-8-14)13-19-12-11-18-10-6-9-17-2/h14-16H,3-13H2,1-2H3. The zero-order valence-electron chi connectivity index (χ0n) is 12.7. The Balaban J connectivity index is 1.98. The lowest BCUT2D eigenvalue weighted by atomic mass is 9.99. The molecular weight excluding hydrogens is 242 g/mol. The van der Waals surface area contributed by atoms with E-state index in [-0.39, 0.29) is 0 Å². The average molecular weight is 273 g/mol. The minimum absolute atomic E-state index is 0.529. The predicted molar refractivity (Wildman–Crippen MR) is 77.6 cm³/mol. The van der Waals surface area contributed by atoms with Crippen LogP contribution in [0.2, 0.25) is 0 Å². The molecule has 1 unspecified atom stereocenters. The highest BCUT2D eigenvalue weighted by Gasteiger charge is 2.24. The summed E-state index contributed by atoms with van der Waals surface area (Å²) in [5.41, 5.74) is 0. The van der Waals surface area contributed by atoms with Crippen LogP contribution in [0.3, 0.4) is 0 Å². The van der Waals surface area contributed by atoms with Crippen molar-refractivity contribution in [1.82, 2.24) is 5.32 Å². The van der Waals surface area contributed by atoms with Crippen LogP contribution < -0.4 is 5.32 Å². The SMILES string of the molecule is CCNC(COCCOCCCOC)C1CCCC1. The summed E-state index contributed by atoms with van der Waals surface area (Å²) in [7, 11) is 1.72. The number of nitrogens with one attached hydrogen (secondary N) is 1. The molecule has 4 nitrogen and oxygen atoms in total. The first-order valence-electron chi connectivity index (χ1n) is 7.76. The Morgan fingerprint density at radius 3 is 2.47 bits per heavy atom. The normalized spacial score (nSPS) is 18.0. The Bertz CT molecular complexity index is 196. The van der Waals surface area contributed by atoms with Crippen LogP contribution in [-0.2, 0) is 14.2 Å². The number of methoxy groups -OCH3 is 1. The quantitative estimate of drug-likeness (QED) is 0.554. The summed E-state index contributed by atoms with van der Waals surface area (Å²) < 4.78 is 16.2. The van der Waals surface area contributed by atoms with Crippen LogP contribution in [0.1, 0.15) is 39.0 Å². The summed E-state index contributed by atoms with van der Waals surface area (Å²) in [6, 6.07) is 0.529. The smallest absolute Gasteiger partial charge is 0.0701 e. The first-order valence-corrected chi connectivity index (χ1v) is 7.76. The number of likely N-dealkylation sites (N-methyl/N-ethyl adjacent to an activating group) is 1. The van der Waals surface area contributed by atoms with Gasteiger partial charge in [0.25, 0.3) is 0 Å². The van der Waals surface area contributed by atoms with E-state index < -0.39 is 0 Å². The van der Waals surface area contributed by atoms with Crippen molar-refractivity contribution in [2.24, 2.45) is 5.92 Å². The summed E-state index contributed by atoms with van der Waals surface area (Å²) >= 11 is 0. The summed E-state index contributed by atoms with van der Waals surface area (Å²) in [6.07, 6.45) is 6.44. The summed E-state index contributed by atoms with van der Waals surface area (Å²) in [5, 5.41) is 3.56. The van der Waals surface area contributed by atoms with Crippen LogP contribution in [0.15, 0.2) is 0 Å². The topological polar surface area (TPSA) is 39.7 Å². The Morgan fingerprint density at radius 1 is 1.05 bits per heavy atom. The van der Waals surface area contributed by atoms with Gasteiger partial charge in [0.15, 0.2) is 0 Å². The molecule has 0 spiro atoms. The lowest BCUT2D eigenvalue weighted by Crippen LogP contribution is -2.39. The van der Waals surface area contributed by atoms with Crippen LogP contribution in [0.25, 0.3) is 0 Å². The fourth-order valence-corrected chi connectivity index (χ4v) is 2.72. The molecule has 4 heteroatoms. The molecule has 0 aliphatic heterocycles. The largest absolute Gasteiger partial charge is 0.385 e. The molecule has 0 aromatic carbocycles. The third kappa shape index (κ3) is 7.88. The van der Waals surface area contributed by atoms with Gasteiger partial charge in [-0.25, -0.2) is 0 Å². The van der Waals surface area contributed by atoms with E-state index in [1.807, 2.05) is 0 Å². The Labute approximate surface area is 118 Å². The molecule has 1 rings (SSSR count). The predicted octanol–water partition coefficient (Wildman–Crippen LogP) is 2.22. The van der Waals surface area contributed by atoms with Crippen molar-refractivity contribution >= 4 is 0 Å². The third-order valence-corrected chi connectivity index (χ3v) is 3.74. The minimum Gasteiger partial charge on any atom is -0.385 e. The van der Waals surface area contributed by atoms with Gasteiger partial charge in [-0.2, -0.15) is 0 Å². The molecule has 0 bridgehead atoms. The number of rotatable bonds is 12. The van der Waals surface area contributed by atoms with Crippen molar-refractivity contribution in [2.45, 2.75) is 45.1 Å². The van der Waals surface area contributed by atoms with E-state index in [1.54, 1.807) is 7.11 Å². The van der Waals surface area contributed by atoms with Crippen LogP contribution in [0.5, 0.6) is 0 Å². The highest BCUT2D eigenvalue weighted by atomic mass is 16.5. The molecule has 1 saturated carbocycles. The second-order valence-corrected chi connectivity index (χ2v) is 5.24. The maximum atomic E-state index is 5.75. The van der Waals surface area contributed by atoms with Gasteiger partial charge < -0.3 is 19.5 Å². The van der Waals surface area contributed by atoms with Gasteiger partial charge in [0.2, 0.25) is 0 Å². The molecule has 1 atom stereocenters. The molecule has 0 aromatic rings. The van der Waals surface area contributed by atoms with Crippen LogP contribution in [0, 0.1) is 5.92 Å².